The van der Waals surface area contributed by atoms with E-state index in [0.29, 0.717) is 6.42 Å². The van der Waals surface area contributed by atoms with Gasteiger partial charge >= 0.3 is 0 Å². The van der Waals surface area contributed by atoms with E-state index in [1.807, 2.05) is 24.3 Å². The fraction of sp³-hybridized carbons (Fsp3) is 0.208. The summed E-state index contributed by atoms with van der Waals surface area (Å²) in [6.45, 7) is 0. The van der Waals surface area contributed by atoms with Crippen molar-refractivity contribution in [1.82, 2.24) is 0 Å². The van der Waals surface area contributed by atoms with Gasteiger partial charge in [-0.05, 0) is 52.9 Å². The first kappa shape index (κ1) is 18.7. The molecule has 0 radical (unpaired) electrons. The van der Waals surface area contributed by atoms with Crippen LogP contribution in [0.5, 0.6) is 11.5 Å². The monoisotopic (exact) mass is 360 g/mol. The molecule has 138 valence electrons. The largest absolute Gasteiger partial charge is 0.497 e. The summed E-state index contributed by atoms with van der Waals surface area (Å²) in [5.41, 5.74) is 4.78. The zero-order valence-corrected chi connectivity index (χ0v) is 15.7. The second kappa shape index (κ2) is 9.04. The molecule has 3 heteroatoms. The Labute approximate surface area is 160 Å². The molecule has 0 saturated carbocycles. The second-order valence-corrected chi connectivity index (χ2v) is 6.43. The number of benzene rings is 3. The maximum atomic E-state index is 10.6. The van der Waals surface area contributed by atoms with Crippen LogP contribution in [0.2, 0.25) is 0 Å². The number of rotatable bonds is 8. The van der Waals surface area contributed by atoms with Crippen molar-refractivity contribution in [3.63, 3.8) is 0 Å². The van der Waals surface area contributed by atoms with Gasteiger partial charge in [0.05, 0.1) is 14.2 Å². The van der Waals surface area contributed by atoms with Crippen molar-refractivity contribution in [3.05, 3.63) is 95.1 Å². The highest BCUT2D eigenvalue weighted by molar-refractivity contribution is 5.50. The highest BCUT2D eigenvalue weighted by atomic mass is 16.5. The van der Waals surface area contributed by atoms with E-state index < -0.39 is 0 Å². The number of methoxy groups -OCH3 is 2. The molecule has 0 N–H and O–H groups in total. The third kappa shape index (κ3) is 4.56. The van der Waals surface area contributed by atoms with Crippen molar-refractivity contribution >= 4 is 6.29 Å². The van der Waals surface area contributed by atoms with E-state index in [0.717, 1.165) is 24.2 Å². The summed E-state index contributed by atoms with van der Waals surface area (Å²) >= 11 is 0. The van der Waals surface area contributed by atoms with Gasteiger partial charge in [0, 0.05) is 12.3 Å². The summed E-state index contributed by atoms with van der Waals surface area (Å²) in [6.07, 6.45) is 2.30. The molecule has 0 fully saturated rings. The standard InChI is InChI=1S/C24H24O3/c1-26-22-13-9-20(10-14-22)24(21-11-15-23(27-2)16-12-21)19-7-5-18(6-8-19)4-3-17-25/h5-17,24H,3-4H2,1-2H3. The summed E-state index contributed by atoms with van der Waals surface area (Å²) < 4.78 is 10.6. The number of aldehydes is 1. The lowest BCUT2D eigenvalue weighted by Crippen LogP contribution is -2.04. The predicted molar refractivity (Wildman–Crippen MR) is 108 cm³/mol. The molecule has 0 saturated heterocycles. The molecule has 0 spiro atoms. The van der Waals surface area contributed by atoms with Crippen molar-refractivity contribution in [2.75, 3.05) is 14.2 Å². The molecular weight excluding hydrogens is 336 g/mol. The summed E-state index contributed by atoms with van der Waals surface area (Å²) in [7, 11) is 3.35. The van der Waals surface area contributed by atoms with Gasteiger partial charge in [0.15, 0.2) is 0 Å². The van der Waals surface area contributed by atoms with Gasteiger partial charge in [-0.2, -0.15) is 0 Å². The molecule has 0 aliphatic heterocycles. The predicted octanol–water partition coefficient (Wildman–Crippen LogP) is 5.02. The third-order valence-corrected chi connectivity index (χ3v) is 4.76. The molecule has 0 heterocycles. The molecule has 3 rings (SSSR count). The van der Waals surface area contributed by atoms with Crippen molar-refractivity contribution in [3.8, 4) is 11.5 Å². The average molecular weight is 360 g/mol. The van der Waals surface area contributed by atoms with Crippen LogP contribution in [0.1, 0.15) is 34.6 Å². The van der Waals surface area contributed by atoms with Gasteiger partial charge in [-0.15, -0.1) is 0 Å². The van der Waals surface area contributed by atoms with E-state index in [9.17, 15) is 4.79 Å². The van der Waals surface area contributed by atoms with Gasteiger partial charge in [0.25, 0.3) is 0 Å². The third-order valence-electron chi connectivity index (χ3n) is 4.76. The molecule has 3 nitrogen and oxygen atoms in total. The van der Waals surface area contributed by atoms with E-state index in [1.54, 1.807) is 14.2 Å². The average Bonchev–Trinajstić information content (AvgIpc) is 2.74. The Hall–Kier alpha value is -3.07. The highest BCUT2D eigenvalue weighted by Gasteiger charge is 2.17. The Balaban J connectivity index is 1.98. The van der Waals surface area contributed by atoms with Gasteiger partial charge in [-0.1, -0.05) is 48.5 Å². The number of carbonyl (C=O) groups is 1. The van der Waals surface area contributed by atoms with Crippen molar-refractivity contribution in [2.45, 2.75) is 18.8 Å². The molecule has 0 aliphatic rings. The lowest BCUT2D eigenvalue weighted by molar-refractivity contribution is -0.107. The van der Waals surface area contributed by atoms with Gasteiger partial charge in [-0.25, -0.2) is 0 Å². The highest BCUT2D eigenvalue weighted by Crippen LogP contribution is 2.34. The summed E-state index contributed by atoms with van der Waals surface area (Å²) in [6, 6.07) is 24.9. The van der Waals surface area contributed by atoms with E-state index in [2.05, 4.69) is 48.5 Å². The lowest BCUT2D eigenvalue weighted by Gasteiger charge is -2.20. The van der Waals surface area contributed by atoms with Gasteiger partial charge in [0.2, 0.25) is 0 Å². The van der Waals surface area contributed by atoms with E-state index in [-0.39, 0.29) is 5.92 Å². The molecule has 0 aliphatic carbocycles. The molecule has 3 aromatic rings. The van der Waals surface area contributed by atoms with Gasteiger partial charge in [0.1, 0.15) is 17.8 Å². The fourth-order valence-corrected chi connectivity index (χ4v) is 3.27. The minimum absolute atomic E-state index is 0.113. The summed E-state index contributed by atoms with van der Waals surface area (Å²) in [4.78, 5) is 10.6. The molecule has 0 amide bonds. The molecule has 0 bridgehead atoms. The van der Waals surface area contributed by atoms with Gasteiger partial charge in [-0.3, -0.25) is 0 Å². The number of aryl methyl sites for hydroxylation is 1. The number of hydrogen-bond acceptors (Lipinski definition) is 3. The van der Waals surface area contributed by atoms with Crippen LogP contribution in [0.15, 0.2) is 72.8 Å². The van der Waals surface area contributed by atoms with Crippen LogP contribution in [0.4, 0.5) is 0 Å². The SMILES string of the molecule is COc1ccc(C(c2ccc(CCC=O)cc2)c2ccc(OC)cc2)cc1. The van der Waals surface area contributed by atoms with Crippen LogP contribution in [-0.4, -0.2) is 20.5 Å². The Morgan fingerprint density at radius 2 is 1.11 bits per heavy atom. The minimum atomic E-state index is 0.113. The van der Waals surface area contributed by atoms with E-state index in [4.69, 9.17) is 9.47 Å². The second-order valence-electron chi connectivity index (χ2n) is 6.43. The molecule has 0 aromatic heterocycles. The quantitative estimate of drug-likeness (QED) is 0.418. The Morgan fingerprint density at radius 3 is 1.48 bits per heavy atom. The number of carbonyl (C=O) groups excluding carboxylic acids is 1. The normalized spacial score (nSPS) is 10.6. The molecule has 27 heavy (non-hydrogen) atoms. The lowest BCUT2D eigenvalue weighted by atomic mass is 9.84. The topological polar surface area (TPSA) is 35.5 Å². The molecule has 0 atom stereocenters. The van der Waals surface area contributed by atoms with Crippen LogP contribution >= 0.6 is 0 Å². The number of hydrogen-bond donors (Lipinski definition) is 0. The van der Waals surface area contributed by atoms with Crippen LogP contribution in [0.3, 0.4) is 0 Å². The fourth-order valence-electron chi connectivity index (χ4n) is 3.27. The van der Waals surface area contributed by atoms with Crippen LogP contribution in [0, 0.1) is 0 Å². The maximum absolute atomic E-state index is 10.6. The summed E-state index contributed by atoms with van der Waals surface area (Å²) in [5.74, 6) is 1.80. The number of ether oxygens (including phenoxy) is 2. The zero-order valence-electron chi connectivity index (χ0n) is 15.7. The van der Waals surface area contributed by atoms with E-state index in [1.165, 1.54) is 22.3 Å². The Morgan fingerprint density at radius 1 is 0.704 bits per heavy atom. The first-order chi connectivity index (χ1) is 13.2. The van der Waals surface area contributed by atoms with Crippen LogP contribution in [-0.2, 0) is 11.2 Å². The van der Waals surface area contributed by atoms with Crippen molar-refractivity contribution in [1.29, 1.82) is 0 Å². The first-order valence-electron chi connectivity index (χ1n) is 9.05. The van der Waals surface area contributed by atoms with Gasteiger partial charge < -0.3 is 14.3 Å². The Bertz CT molecular complexity index is 802. The maximum Gasteiger partial charge on any atom is 0.120 e. The van der Waals surface area contributed by atoms with Crippen molar-refractivity contribution < 1.29 is 14.3 Å². The zero-order chi connectivity index (χ0) is 19.1. The molecule has 0 unspecified atom stereocenters. The van der Waals surface area contributed by atoms with Crippen molar-refractivity contribution in [2.24, 2.45) is 0 Å². The summed E-state index contributed by atoms with van der Waals surface area (Å²) in [5, 5.41) is 0. The van der Waals surface area contributed by atoms with Crippen LogP contribution in [0.25, 0.3) is 0 Å². The van der Waals surface area contributed by atoms with Crippen LogP contribution < -0.4 is 9.47 Å². The first-order valence-corrected chi connectivity index (χ1v) is 9.05. The smallest absolute Gasteiger partial charge is 0.120 e. The van der Waals surface area contributed by atoms with E-state index >= 15 is 0 Å². The molecular formula is C24H24O3. The molecule has 3 aromatic carbocycles. The Kier molecular flexibility index (Phi) is 6.26. The minimum Gasteiger partial charge on any atom is -0.497 e.